The van der Waals surface area contributed by atoms with Crippen LogP contribution < -0.4 is 5.32 Å². The normalized spacial score (nSPS) is 18.1. The lowest BCUT2D eigenvalue weighted by Crippen LogP contribution is -2.42. The Morgan fingerprint density at radius 3 is 2.62 bits per heavy atom. The second-order valence-corrected chi connectivity index (χ2v) is 18.1. The van der Waals surface area contributed by atoms with Gasteiger partial charge in [-0.1, -0.05) is 25.7 Å². The van der Waals surface area contributed by atoms with Crippen LogP contribution in [0.5, 0.6) is 0 Å². The number of ether oxygens (including phenoxy) is 1. The highest BCUT2D eigenvalue weighted by Gasteiger charge is 2.38. The molecule has 3 aromatic rings. The molecule has 2 unspecified atom stereocenters. The molecule has 2 atom stereocenters. The number of hydrogen-bond donors (Lipinski definition) is 2. The monoisotopic (exact) mass is 581 g/mol. The maximum atomic E-state index is 14.1. The quantitative estimate of drug-likeness (QED) is 0.185. The van der Waals surface area contributed by atoms with Crippen molar-refractivity contribution < 1.29 is 30.9 Å². The van der Waals surface area contributed by atoms with Gasteiger partial charge >= 0.3 is 6.18 Å². The second kappa shape index (κ2) is 10.9. The highest BCUT2D eigenvalue weighted by molar-refractivity contribution is 7.85. The molecule has 2 heterocycles. The summed E-state index contributed by atoms with van der Waals surface area (Å²) in [5.41, 5.74) is -0.290. The molecular weight excluding hydrogens is 551 g/mol. The lowest BCUT2D eigenvalue weighted by molar-refractivity contribution is -0.137. The van der Waals surface area contributed by atoms with Gasteiger partial charge in [0.25, 0.3) is 10.1 Å². The van der Waals surface area contributed by atoms with E-state index in [-0.39, 0.29) is 23.9 Å². The summed E-state index contributed by atoms with van der Waals surface area (Å²) in [7, 11) is -5.55. The Labute approximate surface area is 225 Å². The molecule has 0 radical (unpaired) electrons. The highest BCUT2D eigenvalue weighted by Crippen LogP contribution is 2.40. The predicted octanol–water partition coefficient (Wildman–Crippen LogP) is 5.38. The van der Waals surface area contributed by atoms with Gasteiger partial charge in [0.2, 0.25) is 5.95 Å². The van der Waals surface area contributed by atoms with Crippen LogP contribution in [-0.4, -0.2) is 54.0 Å². The van der Waals surface area contributed by atoms with Crippen molar-refractivity contribution in [3.8, 4) is 17.3 Å². The van der Waals surface area contributed by atoms with Gasteiger partial charge in [0.1, 0.15) is 12.3 Å². The van der Waals surface area contributed by atoms with Gasteiger partial charge in [-0.05, 0) is 36.9 Å². The number of aromatic nitrogens is 3. The third kappa shape index (κ3) is 7.16. The Morgan fingerprint density at radius 1 is 1.28 bits per heavy atom. The van der Waals surface area contributed by atoms with Crippen molar-refractivity contribution in [2.45, 2.75) is 57.5 Å². The summed E-state index contributed by atoms with van der Waals surface area (Å²) in [5.74, 6) is -0.942. The van der Waals surface area contributed by atoms with E-state index in [1.165, 1.54) is 12.3 Å². The van der Waals surface area contributed by atoms with Crippen molar-refractivity contribution in [2.75, 3.05) is 17.7 Å². The zero-order chi connectivity index (χ0) is 28.6. The number of anilines is 1. The van der Waals surface area contributed by atoms with Crippen LogP contribution >= 0.6 is 0 Å². The summed E-state index contributed by atoms with van der Waals surface area (Å²) in [5, 5.41) is 12.8. The van der Waals surface area contributed by atoms with Crippen LogP contribution in [0.15, 0.2) is 30.6 Å². The lowest BCUT2D eigenvalue weighted by atomic mass is 9.81. The molecule has 1 aliphatic carbocycles. The minimum atomic E-state index is -4.74. The summed E-state index contributed by atoms with van der Waals surface area (Å²) in [6, 6.07) is 7.29. The van der Waals surface area contributed by atoms with Crippen molar-refractivity contribution in [1.82, 2.24) is 14.5 Å². The number of alkyl halides is 3. The minimum Gasteiger partial charge on any atom is -0.361 e. The smallest absolute Gasteiger partial charge is 0.361 e. The number of halogens is 3. The number of nitrogens with one attached hydrogen (secondary N) is 1. The predicted molar refractivity (Wildman–Crippen MR) is 143 cm³/mol. The Morgan fingerprint density at radius 2 is 2.03 bits per heavy atom. The molecule has 1 saturated carbocycles. The Bertz CT molecular complexity index is 1510. The summed E-state index contributed by atoms with van der Waals surface area (Å²) < 4.78 is 81.5. The van der Waals surface area contributed by atoms with Gasteiger partial charge in [-0.2, -0.15) is 26.9 Å². The zero-order valence-corrected chi connectivity index (χ0v) is 23.6. The number of fused-ring (bicyclic) bond motifs is 1. The van der Waals surface area contributed by atoms with Gasteiger partial charge in [-0.25, -0.2) is 9.97 Å². The first-order chi connectivity index (χ1) is 18.1. The van der Waals surface area contributed by atoms with Crippen LogP contribution in [0, 0.1) is 17.2 Å². The van der Waals surface area contributed by atoms with Crippen LogP contribution in [0.1, 0.15) is 24.0 Å². The van der Waals surface area contributed by atoms with E-state index in [1.54, 1.807) is 16.7 Å². The van der Waals surface area contributed by atoms with E-state index >= 15 is 0 Å². The van der Waals surface area contributed by atoms with E-state index in [0.29, 0.717) is 42.1 Å². The molecule has 0 bridgehead atoms. The first kappa shape index (κ1) is 29.0. The van der Waals surface area contributed by atoms with Gasteiger partial charge < -0.3 is 14.6 Å². The van der Waals surface area contributed by atoms with Crippen molar-refractivity contribution in [3.63, 3.8) is 0 Å². The molecule has 210 valence electrons. The molecule has 0 aliphatic heterocycles. The fourth-order valence-corrected chi connectivity index (χ4v) is 6.15. The first-order valence-corrected chi connectivity index (χ1v) is 17.7. The molecule has 0 saturated heterocycles. The number of nitriles is 1. The molecule has 4 rings (SSSR count). The third-order valence-corrected chi connectivity index (χ3v) is 9.30. The molecule has 1 aromatic carbocycles. The molecule has 1 aliphatic rings. The summed E-state index contributed by atoms with van der Waals surface area (Å²) in [6.45, 7) is 7.24. The summed E-state index contributed by atoms with van der Waals surface area (Å²) in [6.07, 6.45) is -1.40. The molecule has 39 heavy (non-hydrogen) atoms. The average Bonchev–Trinajstić information content (AvgIpc) is 3.19. The van der Waals surface area contributed by atoms with Crippen LogP contribution in [0.25, 0.3) is 22.2 Å². The SMILES string of the molecule is C[Si](C)(C)CCOCn1cc(-c2nc(NC3CCC3CS(=O)(=O)O)ncc2C(F)(F)F)c2ccc(C#N)cc21. The minimum absolute atomic E-state index is 0.0797. The van der Waals surface area contributed by atoms with E-state index in [0.717, 1.165) is 6.04 Å². The number of hydrogen-bond acceptors (Lipinski definition) is 7. The van der Waals surface area contributed by atoms with Crippen molar-refractivity contribution >= 4 is 35.0 Å². The van der Waals surface area contributed by atoms with Crippen LogP contribution in [0.3, 0.4) is 0 Å². The van der Waals surface area contributed by atoms with Gasteiger partial charge in [0, 0.05) is 44.1 Å². The van der Waals surface area contributed by atoms with Crippen LogP contribution in [0.4, 0.5) is 19.1 Å². The summed E-state index contributed by atoms with van der Waals surface area (Å²) in [4.78, 5) is 8.09. The molecule has 0 amide bonds. The van der Waals surface area contributed by atoms with Crippen LogP contribution in [-0.2, 0) is 27.8 Å². The third-order valence-electron chi connectivity index (χ3n) is 6.74. The molecular formula is C25H30F3N5O4SSi. The number of nitrogens with zero attached hydrogens (tertiary/aromatic N) is 4. The Kier molecular flexibility index (Phi) is 8.09. The van der Waals surface area contributed by atoms with Crippen molar-refractivity contribution in [1.29, 1.82) is 5.26 Å². The number of rotatable bonds is 10. The zero-order valence-electron chi connectivity index (χ0n) is 21.8. The van der Waals surface area contributed by atoms with Gasteiger partial charge in [0.15, 0.2) is 0 Å². The van der Waals surface area contributed by atoms with E-state index in [2.05, 4.69) is 41.0 Å². The van der Waals surface area contributed by atoms with Gasteiger partial charge in [-0.3, -0.25) is 4.55 Å². The van der Waals surface area contributed by atoms with E-state index < -0.39 is 47.6 Å². The molecule has 2 aromatic heterocycles. The Hall–Kier alpha value is -2.99. The molecule has 2 N–H and O–H groups in total. The lowest BCUT2D eigenvalue weighted by Gasteiger charge is -2.36. The molecule has 0 spiro atoms. The standard InChI is InChI=1S/C25H30F3N5O4SSi/c1-39(2,3)9-8-37-15-33-13-19(18-6-4-16(11-29)10-22(18)33)23-20(25(26,27)28)12-30-24(32-23)31-21-7-5-17(21)14-38(34,35)36/h4,6,10,12-13,17,21H,5,7-9,14-15H2,1-3H3,(H,30,31,32)(H,34,35,36). The summed E-state index contributed by atoms with van der Waals surface area (Å²) >= 11 is 0. The number of benzene rings is 1. The van der Waals surface area contributed by atoms with E-state index in [9.17, 15) is 31.4 Å². The average molecular weight is 582 g/mol. The molecule has 1 fully saturated rings. The van der Waals surface area contributed by atoms with E-state index in [1.807, 2.05) is 0 Å². The fraction of sp³-hybridized carbons (Fsp3) is 0.480. The maximum absolute atomic E-state index is 14.1. The van der Waals surface area contributed by atoms with E-state index in [4.69, 9.17) is 4.74 Å². The van der Waals surface area contributed by atoms with Gasteiger partial charge in [-0.15, -0.1) is 0 Å². The molecule has 9 nitrogen and oxygen atoms in total. The van der Waals surface area contributed by atoms with Crippen LogP contribution in [0.2, 0.25) is 25.7 Å². The molecule has 14 heteroatoms. The second-order valence-electron chi connectivity index (χ2n) is 11.0. The Balaban J connectivity index is 1.73. The van der Waals surface area contributed by atoms with Gasteiger partial charge in [0.05, 0.1) is 28.6 Å². The van der Waals surface area contributed by atoms with Crippen molar-refractivity contribution in [3.05, 3.63) is 41.7 Å². The maximum Gasteiger partial charge on any atom is 0.419 e. The largest absolute Gasteiger partial charge is 0.419 e. The van der Waals surface area contributed by atoms with Crippen molar-refractivity contribution in [2.24, 2.45) is 5.92 Å². The topological polar surface area (TPSA) is 130 Å². The highest BCUT2D eigenvalue weighted by atomic mass is 32.2. The first-order valence-electron chi connectivity index (χ1n) is 12.4. The fourth-order valence-electron chi connectivity index (χ4n) is 4.46.